The van der Waals surface area contributed by atoms with Gasteiger partial charge in [-0.2, -0.15) is 0 Å². The van der Waals surface area contributed by atoms with E-state index in [-0.39, 0.29) is 17.6 Å². The first-order chi connectivity index (χ1) is 13.2. The fourth-order valence-electron chi connectivity index (χ4n) is 2.61. The van der Waals surface area contributed by atoms with Crippen molar-refractivity contribution in [2.24, 2.45) is 0 Å². The van der Waals surface area contributed by atoms with Crippen LogP contribution in [0.2, 0.25) is 0 Å². The predicted octanol–water partition coefficient (Wildman–Crippen LogP) is 3.39. The second-order valence-electron chi connectivity index (χ2n) is 6.92. The molecule has 1 atom stereocenters. The minimum atomic E-state index is -1.17. The van der Waals surface area contributed by atoms with Gasteiger partial charge in [-0.25, -0.2) is 9.59 Å². The third-order valence-electron chi connectivity index (χ3n) is 4.19. The normalized spacial score (nSPS) is 11.6. The van der Waals surface area contributed by atoms with E-state index in [0.717, 1.165) is 11.1 Å². The molecule has 0 saturated carbocycles. The van der Waals surface area contributed by atoms with Crippen LogP contribution in [0.5, 0.6) is 0 Å². The van der Waals surface area contributed by atoms with Crippen molar-refractivity contribution in [3.63, 3.8) is 0 Å². The van der Waals surface area contributed by atoms with Gasteiger partial charge >= 0.3 is 12.0 Å². The number of aryl methyl sites for hydroxylation is 2. The first kappa shape index (κ1) is 21.0. The zero-order valence-corrected chi connectivity index (χ0v) is 16.4. The van der Waals surface area contributed by atoms with Gasteiger partial charge < -0.3 is 21.1 Å². The number of urea groups is 1. The van der Waals surface area contributed by atoms with Gasteiger partial charge in [0.1, 0.15) is 0 Å². The van der Waals surface area contributed by atoms with Gasteiger partial charge in [0.2, 0.25) is 0 Å². The summed E-state index contributed by atoms with van der Waals surface area (Å²) in [5, 5.41) is 17.4. The molecular formula is C21H25N3O4. The highest BCUT2D eigenvalue weighted by atomic mass is 16.4. The van der Waals surface area contributed by atoms with E-state index in [1.807, 2.05) is 33.8 Å². The number of aliphatic carboxylic acids is 1. The second-order valence-corrected chi connectivity index (χ2v) is 6.92. The largest absolute Gasteiger partial charge is 0.479 e. The minimum absolute atomic E-state index is 0.0271. The monoisotopic (exact) mass is 383 g/mol. The zero-order valence-electron chi connectivity index (χ0n) is 16.4. The summed E-state index contributed by atoms with van der Waals surface area (Å²) in [6.07, 6.45) is 0. The van der Waals surface area contributed by atoms with Crippen LogP contribution in [-0.2, 0) is 4.79 Å². The van der Waals surface area contributed by atoms with Gasteiger partial charge in [0.15, 0.2) is 6.04 Å². The van der Waals surface area contributed by atoms with E-state index >= 15 is 0 Å². The summed E-state index contributed by atoms with van der Waals surface area (Å²) in [7, 11) is 0. The smallest absolute Gasteiger partial charge is 0.330 e. The number of rotatable bonds is 6. The lowest BCUT2D eigenvalue weighted by molar-refractivity contribution is -0.139. The molecule has 7 heteroatoms. The lowest BCUT2D eigenvalue weighted by Gasteiger charge is -2.17. The number of hydrogen-bond acceptors (Lipinski definition) is 3. The first-order valence-corrected chi connectivity index (χ1v) is 8.95. The summed E-state index contributed by atoms with van der Waals surface area (Å²) in [4.78, 5) is 36.1. The highest BCUT2D eigenvalue weighted by molar-refractivity contribution is 5.98. The molecule has 4 N–H and O–H groups in total. The summed E-state index contributed by atoms with van der Waals surface area (Å²) < 4.78 is 0. The summed E-state index contributed by atoms with van der Waals surface area (Å²) in [6, 6.07) is 10.00. The number of carboxylic acids is 1. The summed E-state index contributed by atoms with van der Waals surface area (Å²) >= 11 is 0. The van der Waals surface area contributed by atoms with Crippen molar-refractivity contribution in [2.75, 3.05) is 5.32 Å². The summed E-state index contributed by atoms with van der Waals surface area (Å²) in [5.41, 5.74) is 3.16. The molecule has 148 valence electrons. The van der Waals surface area contributed by atoms with Crippen molar-refractivity contribution in [1.29, 1.82) is 0 Å². The maximum Gasteiger partial charge on any atom is 0.330 e. The van der Waals surface area contributed by atoms with E-state index in [0.29, 0.717) is 11.3 Å². The number of hydrogen-bond donors (Lipinski definition) is 4. The molecule has 0 fully saturated rings. The van der Waals surface area contributed by atoms with E-state index in [2.05, 4.69) is 16.0 Å². The van der Waals surface area contributed by atoms with Crippen LogP contribution in [-0.4, -0.2) is 29.1 Å². The fraction of sp³-hybridized carbons (Fsp3) is 0.286. The van der Waals surface area contributed by atoms with Crippen LogP contribution in [0.1, 0.15) is 46.9 Å². The lowest BCUT2D eigenvalue weighted by atomic mass is 10.0. The van der Waals surface area contributed by atoms with Gasteiger partial charge in [-0.3, -0.25) is 4.79 Å². The number of benzene rings is 2. The highest BCUT2D eigenvalue weighted by Crippen LogP contribution is 2.19. The van der Waals surface area contributed by atoms with Crippen molar-refractivity contribution >= 4 is 23.6 Å². The molecule has 0 aliphatic carbocycles. The molecule has 0 spiro atoms. The van der Waals surface area contributed by atoms with Crippen molar-refractivity contribution in [1.82, 2.24) is 10.6 Å². The van der Waals surface area contributed by atoms with Crippen molar-refractivity contribution in [3.8, 4) is 0 Å². The van der Waals surface area contributed by atoms with E-state index in [4.69, 9.17) is 0 Å². The Morgan fingerprint density at radius 2 is 1.64 bits per heavy atom. The molecule has 0 saturated heterocycles. The van der Waals surface area contributed by atoms with Crippen molar-refractivity contribution < 1.29 is 19.5 Å². The fourth-order valence-corrected chi connectivity index (χ4v) is 2.61. The quantitative estimate of drug-likeness (QED) is 0.613. The molecule has 0 heterocycles. The molecule has 2 aromatic carbocycles. The Hall–Kier alpha value is -3.35. The molecule has 0 aliphatic rings. The average molecular weight is 383 g/mol. The third-order valence-corrected chi connectivity index (χ3v) is 4.19. The molecule has 2 aromatic rings. The Balaban J connectivity index is 2.17. The number of carboxylic acid groups (broad SMARTS) is 1. The van der Waals surface area contributed by atoms with Gasteiger partial charge in [-0.1, -0.05) is 24.3 Å². The standard InChI is InChI=1S/C21H25N3O4/c1-12(2)22-21(28)23-17-7-5-6-16(11-17)19(25)24-18(20(26)27)15-9-8-13(3)14(4)10-15/h5-12,18H,1-4H3,(H,24,25)(H,26,27)(H2,22,23,28). The van der Waals surface area contributed by atoms with E-state index in [1.54, 1.807) is 30.3 Å². The van der Waals surface area contributed by atoms with Crippen LogP contribution in [0.15, 0.2) is 42.5 Å². The van der Waals surface area contributed by atoms with Gasteiger partial charge in [-0.05, 0) is 62.6 Å². The predicted molar refractivity (Wildman–Crippen MR) is 107 cm³/mol. The molecule has 0 bridgehead atoms. The number of carbonyl (C=O) groups excluding carboxylic acids is 2. The Bertz CT molecular complexity index is 893. The molecule has 7 nitrogen and oxygen atoms in total. The number of carbonyl (C=O) groups is 3. The maximum absolute atomic E-state index is 12.6. The molecule has 0 aliphatic heterocycles. The van der Waals surface area contributed by atoms with Crippen LogP contribution in [0, 0.1) is 13.8 Å². The molecule has 2 rings (SSSR count). The van der Waals surface area contributed by atoms with Crippen LogP contribution in [0.4, 0.5) is 10.5 Å². The molecular weight excluding hydrogens is 358 g/mol. The Kier molecular flexibility index (Phi) is 6.76. The molecule has 0 aromatic heterocycles. The van der Waals surface area contributed by atoms with Gasteiger partial charge in [0.25, 0.3) is 5.91 Å². The number of nitrogens with one attached hydrogen (secondary N) is 3. The minimum Gasteiger partial charge on any atom is -0.479 e. The molecule has 0 radical (unpaired) electrons. The van der Waals surface area contributed by atoms with Crippen molar-refractivity contribution in [2.45, 2.75) is 39.8 Å². The highest BCUT2D eigenvalue weighted by Gasteiger charge is 2.23. The lowest BCUT2D eigenvalue weighted by Crippen LogP contribution is -2.35. The average Bonchev–Trinajstić information content (AvgIpc) is 2.61. The van der Waals surface area contributed by atoms with Crippen LogP contribution < -0.4 is 16.0 Å². The molecule has 28 heavy (non-hydrogen) atoms. The molecule has 3 amide bonds. The van der Waals surface area contributed by atoms with Crippen LogP contribution >= 0.6 is 0 Å². The maximum atomic E-state index is 12.6. The number of anilines is 1. The number of amides is 3. The zero-order chi connectivity index (χ0) is 20.8. The Labute approximate surface area is 164 Å². The summed E-state index contributed by atoms with van der Waals surface area (Å²) in [6.45, 7) is 7.49. The topological polar surface area (TPSA) is 108 Å². The third kappa shape index (κ3) is 5.57. The van der Waals surface area contributed by atoms with Gasteiger partial charge in [0.05, 0.1) is 0 Å². The first-order valence-electron chi connectivity index (χ1n) is 8.95. The Morgan fingerprint density at radius 1 is 0.929 bits per heavy atom. The van der Waals surface area contributed by atoms with Gasteiger partial charge in [-0.15, -0.1) is 0 Å². The van der Waals surface area contributed by atoms with Crippen molar-refractivity contribution in [3.05, 3.63) is 64.7 Å². The second kappa shape index (κ2) is 9.03. The van der Waals surface area contributed by atoms with E-state index in [1.165, 1.54) is 6.07 Å². The van der Waals surface area contributed by atoms with Crippen LogP contribution in [0.25, 0.3) is 0 Å². The van der Waals surface area contributed by atoms with E-state index < -0.39 is 17.9 Å². The summed E-state index contributed by atoms with van der Waals surface area (Å²) in [5.74, 6) is -1.69. The molecule has 1 unspecified atom stereocenters. The Morgan fingerprint density at radius 3 is 2.25 bits per heavy atom. The van der Waals surface area contributed by atoms with Crippen LogP contribution in [0.3, 0.4) is 0 Å². The SMILES string of the molecule is Cc1ccc(C(NC(=O)c2cccc(NC(=O)NC(C)C)c2)C(=O)O)cc1C. The van der Waals surface area contributed by atoms with Gasteiger partial charge in [0, 0.05) is 17.3 Å². The van der Waals surface area contributed by atoms with E-state index in [9.17, 15) is 19.5 Å².